The van der Waals surface area contributed by atoms with Crippen molar-refractivity contribution in [3.63, 3.8) is 0 Å². The summed E-state index contributed by atoms with van der Waals surface area (Å²) in [6.07, 6.45) is 8.32. The van der Waals surface area contributed by atoms with Crippen LogP contribution < -0.4 is 9.62 Å². The SMILES string of the molecule is CC(C)c1nc(C23CCC(CN(C(=O)C4CC5(F)CC4C5)c4cccc(-c5ccc(NS(C)(=O)=O)cc5)c4)(CC2)CC3)no1. The Bertz CT molecular complexity index is 1650. The third kappa shape index (κ3) is 5.33. The number of fused-ring (bicyclic) bond motifs is 4. The first-order valence-electron chi connectivity index (χ1n) is 15.9. The molecule has 234 valence electrons. The second kappa shape index (κ2) is 10.4. The van der Waals surface area contributed by atoms with Crippen LogP contribution in [-0.2, 0) is 20.2 Å². The molecule has 6 aliphatic rings. The maximum absolute atomic E-state index is 15.0. The molecule has 0 saturated heterocycles. The van der Waals surface area contributed by atoms with Crippen LogP contribution in [-0.4, -0.2) is 42.9 Å². The third-order valence-electron chi connectivity index (χ3n) is 11.0. The molecule has 9 rings (SSSR count). The molecule has 1 N–H and O–H groups in total. The zero-order valence-corrected chi connectivity index (χ0v) is 26.5. The average molecular weight is 621 g/mol. The summed E-state index contributed by atoms with van der Waals surface area (Å²) in [5.74, 6) is 1.63. The minimum absolute atomic E-state index is 0.00799. The molecule has 1 amide bonds. The number of hydrogen-bond donors (Lipinski definition) is 1. The van der Waals surface area contributed by atoms with Crippen molar-refractivity contribution in [1.82, 2.24) is 10.1 Å². The Kier molecular flexibility index (Phi) is 6.95. The summed E-state index contributed by atoms with van der Waals surface area (Å²) in [5, 5.41) is 4.40. The second-order valence-electron chi connectivity index (χ2n) is 14.4. The molecular formula is C34H41FN4O4S. The molecule has 0 radical (unpaired) electrons. The van der Waals surface area contributed by atoms with Crippen molar-refractivity contribution >= 4 is 27.3 Å². The van der Waals surface area contributed by atoms with Gasteiger partial charge in [-0.3, -0.25) is 9.52 Å². The average Bonchev–Trinajstić information content (AvgIpc) is 3.70. The van der Waals surface area contributed by atoms with Crippen molar-refractivity contribution in [2.24, 2.45) is 17.3 Å². The Morgan fingerprint density at radius 1 is 1.02 bits per heavy atom. The summed E-state index contributed by atoms with van der Waals surface area (Å²) in [7, 11) is -3.37. The molecule has 3 aromatic rings. The minimum atomic E-state index is -3.37. The smallest absolute Gasteiger partial charge is 0.230 e. The Balaban J connectivity index is 1.15. The third-order valence-corrected chi connectivity index (χ3v) is 11.6. The number of nitrogens with zero attached hydrogens (tertiary/aromatic N) is 3. The van der Waals surface area contributed by atoms with Crippen molar-refractivity contribution in [2.45, 2.75) is 88.6 Å². The number of sulfonamides is 1. The summed E-state index contributed by atoms with van der Waals surface area (Å²) in [4.78, 5) is 21.1. The molecule has 1 atom stereocenters. The Morgan fingerprint density at radius 3 is 2.27 bits per heavy atom. The number of alkyl halides is 1. The maximum Gasteiger partial charge on any atom is 0.230 e. The summed E-state index contributed by atoms with van der Waals surface area (Å²) in [5.41, 5.74) is 1.95. The van der Waals surface area contributed by atoms with Gasteiger partial charge >= 0.3 is 0 Å². The monoisotopic (exact) mass is 620 g/mol. The summed E-state index contributed by atoms with van der Waals surface area (Å²) in [6, 6.07) is 15.2. The molecule has 1 unspecified atom stereocenters. The molecule has 6 saturated carbocycles. The lowest BCUT2D eigenvalue weighted by molar-refractivity contribution is -0.123. The van der Waals surface area contributed by atoms with E-state index in [4.69, 9.17) is 9.51 Å². The number of carbonyl (C=O) groups excluding carboxylic acids is 1. The molecule has 8 nitrogen and oxygen atoms in total. The van der Waals surface area contributed by atoms with Gasteiger partial charge in [-0.15, -0.1) is 0 Å². The normalized spacial score (nSPS) is 30.8. The number of hydrogen-bond acceptors (Lipinski definition) is 6. The molecule has 6 fully saturated rings. The zero-order valence-electron chi connectivity index (χ0n) is 25.7. The van der Waals surface area contributed by atoms with Gasteiger partial charge in [0.05, 0.1) is 6.26 Å². The summed E-state index contributed by atoms with van der Waals surface area (Å²) in [6.45, 7) is 4.74. The van der Waals surface area contributed by atoms with Crippen LogP contribution in [0.1, 0.15) is 89.3 Å². The number of carbonyl (C=O) groups is 1. The molecule has 1 heterocycles. The van der Waals surface area contributed by atoms with Crippen molar-refractivity contribution < 1.29 is 22.1 Å². The fraction of sp³-hybridized carbons (Fsp3) is 0.559. The van der Waals surface area contributed by atoms with Crippen molar-refractivity contribution in [1.29, 1.82) is 0 Å². The molecule has 44 heavy (non-hydrogen) atoms. The van der Waals surface area contributed by atoms with Gasteiger partial charge in [-0.05, 0) is 105 Å². The van der Waals surface area contributed by atoms with Gasteiger partial charge in [0.1, 0.15) is 5.67 Å². The Morgan fingerprint density at radius 2 is 1.70 bits per heavy atom. The van der Waals surface area contributed by atoms with Crippen LogP contribution in [0.15, 0.2) is 53.1 Å². The molecule has 0 spiro atoms. The highest BCUT2D eigenvalue weighted by molar-refractivity contribution is 7.92. The molecule has 4 bridgehead atoms. The fourth-order valence-electron chi connectivity index (χ4n) is 8.33. The Labute approximate surface area is 258 Å². The summed E-state index contributed by atoms with van der Waals surface area (Å²) < 4.78 is 46.4. The fourth-order valence-corrected chi connectivity index (χ4v) is 8.90. The predicted molar refractivity (Wildman–Crippen MR) is 168 cm³/mol. The van der Waals surface area contributed by atoms with Crippen molar-refractivity contribution in [2.75, 3.05) is 22.4 Å². The van der Waals surface area contributed by atoms with Crippen LogP contribution >= 0.6 is 0 Å². The number of amides is 1. The first-order valence-corrected chi connectivity index (χ1v) is 17.8. The largest absolute Gasteiger partial charge is 0.339 e. The highest BCUT2D eigenvalue weighted by atomic mass is 32.2. The molecule has 2 aromatic carbocycles. The molecule has 6 aliphatic carbocycles. The molecule has 1 aromatic heterocycles. The quantitative estimate of drug-likeness (QED) is 0.276. The van der Waals surface area contributed by atoms with E-state index in [-0.39, 0.29) is 34.5 Å². The van der Waals surface area contributed by atoms with Crippen molar-refractivity contribution in [3.05, 3.63) is 60.2 Å². The standard InChI is InChI=1S/C34H41FN4O4S/c1-22(2)29-36-31(37-43-29)33-14-11-32(12-15-33,13-16-33)21-39(30(40)28-20-34(35)18-25(28)19-34)27-6-4-5-24(17-27)23-7-9-26(10-8-23)38-44(3,41)42/h4-10,17,22,25,28,38H,11-16,18-21H2,1-3H3. The van der Waals surface area contributed by atoms with Crippen LogP contribution in [0.3, 0.4) is 0 Å². The number of rotatable bonds is 9. The number of nitrogens with one attached hydrogen (secondary N) is 1. The van der Waals surface area contributed by atoms with E-state index in [1.165, 1.54) is 0 Å². The van der Waals surface area contributed by atoms with E-state index in [0.717, 1.165) is 67.4 Å². The minimum Gasteiger partial charge on any atom is -0.339 e. The van der Waals surface area contributed by atoms with E-state index in [9.17, 15) is 13.2 Å². The highest BCUT2D eigenvalue weighted by Crippen LogP contribution is 2.60. The predicted octanol–water partition coefficient (Wildman–Crippen LogP) is 6.99. The van der Waals surface area contributed by atoms with Gasteiger partial charge in [0, 0.05) is 35.2 Å². The van der Waals surface area contributed by atoms with Gasteiger partial charge in [-0.1, -0.05) is 43.3 Å². The summed E-state index contributed by atoms with van der Waals surface area (Å²) >= 11 is 0. The van der Waals surface area contributed by atoms with E-state index < -0.39 is 15.7 Å². The second-order valence-corrected chi connectivity index (χ2v) is 16.2. The number of anilines is 2. The zero-order chi connectivity index (χ0) is 30.9. The van der Waals surface area contributed by atoms with Gasteiger partial charge in [-0.25, -0.2) is 12.8 Å². The van der Waals surface area contributed by atoms with Gasteiger partial charge in [0.2, 0.25) is 21.8 Å². The Hall–Kier alpha value is -3.27. The van der Waals surface area contributed by atoms with Gasteiger partial charge < -0.3 is 9.42 Å². The van der Waals surface area contributed by atoms with E-state index >= 15 is 4.39 Å². The van der Waals surface area contributed by atoms with Crippen LogP contribution in [0.25, 0.3) is 11.1 Å². The number of aromatic nitrogens is 2. The highest BCUT2D eigenvalue weighted by Gasteiger charge is 2.60. The van der Waals surface area contributed by atoms with E-state index in [1.807, 2.05) is 41.3 Å². The lowest BCUT2D eigenvalue weighted by Gasteiger charge is -2.53. The van der Waals surface area contributed by atoms with Crippen LogP contribution in [0.5, 0.6) is 0 Å². The van der Waals surface area contributed by atoms with E-state index in [2.05, 4.69) is 23.7 Å². The van der Waals surface area contributed by atoms with Gasteiger partial charge in [0.15, 0.2) is 5.82 Å². The lowest BCUT2D eigenvalue weighted by Crippen LogP contribution is -2.52. The first-order chi connectivity index (χ1) is 20.9. The topological polar surface area (TPSA) is 105 Å². The van der Waals surface area contributed by atoms with Gasteiger partial charge in [0.25, 0.3) is 0 Å². The van der Waals surface area contributed by atoms with Crippen LogP contribution in [0.2, 0.25) is 0 Å². The van der Waals surface area contributed by atoms with Crippen molar-refractivity contribution in [3.8, 4) is 11.1 Å². The van der Waals surface area contributed by atoms with E-state index in [1.54, 1.807) is 12.1 Å². The number of halogens is 1. The molecular weight excluding hydrogens is 579 g/mol. The van der Waals surface area contributed by atoms with E-state index in [0.29, 0.717) is 37.4 Å². The lowest BCUT2D eigenvalue weighted by atomic mass is 9.53. The van der Waals surface area contributed by atoms with Gasteiger partial charge in [-0.2, -0.15) is 4.98 Å². The maximum atomic E-state index is 15.0. The first kappa shape index (κ1) is 29.4. The van der Waals surface area contributed by atoms with Crippen LogP contribution in [0.4, 0.5) is 15.8 Å². The van der Waals surface area contributed by atoms with Crippen LogP contribution in [0, 0.1) is 17.3 Å². The number of benzene rings is 2. The molecule has 0 aliphatic heterocycles. The molecule has 10 heteroatoms.